The first-order valence-electron chi connectivity index (χ1n) is 3.71. The summed E-state index contributed by atoms with van der Waals surface area (Å²) < 4.78 is 0. The topological polar surface area (TPSA) is 43.1 Å². The maximum atomic E-state index is 11.3. The summed E-state index contributed by atoms with van der Waals surface area (Å²) in [5.41, 5.74) is 7.62. The Morgan fingerprint density at radius 1 is 1.62 bits per heavy atom. The molecule has 0 radical (unpaired) electrons. The van der Waals surface area contributed by atoms with E-state index in [1.54, 1.807) is 12.1 Å². The van der Waals surface area contributed by atoms with Crippen molar-refractivity contribution in [3.63, 3.8) is 0 Å². The number of rotatable bonds is 2. The number of carbonyl (C=O) groups excluding carboxylic acids is 1. The van der Waals surface area contributed by atoms with E-state index in [0.717, 1.165) is 5.56 Å². The molecule has 0 bridgehead atoms. The summed E-state index contributed by atoms with van der Waals surface area (Å²) in [5, 5.41) is 0.684. The van der Waals surface area contributed by atoms with Crippen LogP contribution >= 0.6 is 27.5 Å². The maximum Gasteiger partial charge on any atom is 0.174 e. The van der Waals surface area contributed by atoms with E-state index in [1.165, 1.54) is 0 Å². The Balaban J connectivity index is 3.23. The van der Waals surface area contributed by atoms with Crippen molar-refractivity contribution >= 4 is 39.0 Å². The highest BCUT2D eigenvalue weighted by atomic mass is 79.9. The third-order valence-corrected chi connectivity index (χ3v) is 2.60. The molecule has 0 heterocycles. The van der Waals surface area contributed by atoms with Crippen molar-refractivity contribution in [2.75, 3.05) is 11.1 Å². The molecule has 0 aliphatic rings. The summed E-state index contributed by atoms with van der Waals surface area (Å²) in [6, 6.07) is 3.31. The minimum atomic E-state index is -0.0342. The van der Waals surface area contributed by atoms with Gasteiger partial charge in [0.1, 0.15) is 0 Å². The fourth-order valence-electron chi connectivity index (χ4n) is 0.983. The van der Waals surface area contributed by atoms with Gasteiger partial charge in [-0.3, -0.25) is 4.79 Å². The second-order valence-electron chi connectivity index (χ2n) is 2.75. The zero-order valence-electron chi connectivity index (χ0n) is 7.10. The van der Waals surface area contributed by atoms with Crippen LogP contribution in [0.15, 0.2) is 12.1 Å². The van der Waals surface area contributed by atoms with Gasteiger partial charge in [-0.15, -0.1) is 0 Å². The number of benzene rings is 1. The lowest BCUT2D eigenvalue weighted by Gasteiger charge is -2.05. The minimum Gasteiger partial charge on any atom is -0.398 e. The molecule has 0 aromatic heterocycles. The van der Waals surface area contributed by atoms with Crippen LogP contribution in [-0.2, 0) is 0 Å². The smallest absolute Gasteiger partial charge is 0.174 e. The van der Waals surface area contributed by atoms with Crippen LogP contribution in [0, 0.1) is 6.92 Å². The average Bonchev–Trinajstić information content (AvgIpc) is 2.10. The van der Waals surface area contributed by atoms with Crippen molar-refractivity contribution in [2.45, 2.75) is 6.92 Å². The quantitative estimate of drug-likeness (QED) is 0.506. The number of alkyl halides is 1. The van der Waals surface area contributed by atoms with Crippen LogP contribution in [0.5, 0.6) is 0 Å². The van der Waals surface area contributed by atoms with Crippen molar-refractivity contribution in [1.82, 2.24) is 0 Å². The number of aryl methyl sites for hydroxylation is 1. The first kappa shape index (κ1) is 10.5. The molecule has 0 aliphatic carbocycles. The molecule has 1 rings (SSSR count). The van der Waals surface area contributed by atoms with Crippen LogP contribution in [0.3, 0.4) is 0 Å². The normalized spacial score (nSPS) is 10.1. The third kappa shape index (κ3) is 2.23. The van der Waals surface area contributed by atoms with Gasteiger partial charge in [0.15, 0.2) is 5.78 Å². The molecular weight excluding hydrogens is 253 g/mol. The van der Waals surface area contributed by atoms with Crippen LogP contribution in [0.25, 0.3) is 0 Å². The van der Waals surface area contributed by atoms with Crippen LogP contribution in [0.1, 0.15) is 15.9 Å². The standard InChI is InChI=1S/C9H9BrClNO/c1-5-2-6(9(13)4-10)7(11)3-8(5)12/h2-3H,4,12H2,1H3. The van der Waals surface area contributed by atoms with Gasteiger partial charge >= 0.3 is 0 Å². The second kappa shape index (κ2) is 4.11. The molecule has 1 aromatic rings. The zero-order valence-corrected chi connectivity index (χ0v) is 9.45. The van der Waals surface area contributed by atoms with Gasteiger partial charge in [0.25, 0.3) is 0 Å². The fraction of sp³-hybridized carbons (Fsp3) is 0.222. The van der Waals surface area contributed by atoms with Gasteiger partial charge < -0.3 is 5.73 Å². The third-order valence-electron chi connectivity index (χ3n) is 1.78. The summed E-state index contributed by atoms with van der Waals surface area (Å²) in [5.74, 6) is -0.0342. The van der Waals surface area contributed by atoms with Crippen LogP contribution in [0.4, 0.5) is 5.69 Å². The number of nitrogen functional groups attached to an aromatic ring is 1. The van der Waals surface area contributed by atoms with E-state index in [0.29, 0.717) is 16.3 Å². The monoisotopic (exact) mass is 261 g/mol. The molecule has 13 heavy (non-hydrogen) atoms. The Morgan fingerprint density at radius 2 is 2.23 bits per heavy atom. The molecule has 0 spiro atoms. The summed E-state index contributed by atoms with van der Waals surface area (Å²) in [7, 11) is 0. The van der Waals surface area contributed by atoms with E-state index in [4.69, 9.17) is 17.3 Å². The molecule has 0 saturated heterocycles. The number of ketones is 1. The molecule has 0 aliphatic heterocycles. The first-order chi connectivity index (χ1) is 6.06. The summed E-state index contributed by atoms with van der Waals surface area (Å²) in [6.45, 7) is 1.84. The van der Waals surface area contributed by atoms with Gasteiger partial charge in [-0.2, -0.15) is 0 Å². The molecule has 1 aromatic carbocycles. The number of anilines is 1. The molecule has 4 heteroatoms. The molecule has 0 atom stereocenters. The molecule has 0 amide bonds. The predicted molar refractivity (Wildman–Crippen MR) is 58.7 cm³/mol. The molecule has 70 valence electrons. The van der Waals surface area contributed by atoms with Gasteiger partial charge in [0.2, 0.25) is 0 Å². The largest absolute Gasteiger partial charge is 0.398 e. The van der Waals surface area contributed by atoms with E-state index < -0.39 is 0 Å². The van der Waals surface area contributed by atoms with E-state index >= 15 is 0 Å². The number of nitrogens with two attached hydrogens (primary N) is 1. The highest BCUT2D eigenvalue weighted by Gasteiger charge is 2.10. The number of carbonyl (C=O) groups is 1. The summed E-state index contributed by atoms with van der Waals surface area (Å²) in [4.78, 5) is 11.3. The Hall–Kier alpha value is -0.540. The maximum absolute atomic E-state index is 11.3. The fourth-order valence-corrected chi connectivity index (χ4v) is 1.56. The van der Waals surface area contributed by atoms with Crippen molar-refractivity contribution in [3.05, 3.63) is 28.3 Å². The van der Waals surface area contributed by atoms with E-state index in [1.807, 2.05) is 6.92 Å². The highest BCUT2D eigenvalue weighted by molar-refractivity contribution is 9.09. The molecule has 2 N–H and O–H groups in total. The molecule has 0 saturated carbocycles. The first-order valence-corrected chi connectivity index (χ1v) is 5.21. The van der Waals surface area contributed by atoms with Crippen molar-refractivity contribution in [2.24, 2.45) is 0 Å². The summed E-state index contributed by atoms with van der Waals surface area (Å²) >= 11 is 8.94. The van der Waals surface area contributed by atoms with Gasteiger partial charge in [0.05, 0.1) is 10.4 Å². The van der Waals surface area contributed by atoms with Gasteiger partial charge in [0, 0.05) is 11.3 Å². The zero-order chi connectivity index (χ0) is 10.0. The number of hydrogen-bond donors (Lipinski definition) is 1. The Bertz CT molecular complexity index is 352. The highest BCUT2D eigenvalue weighted by Crippen LogP contribution is 2.23. The molecule has 0 unspecified atom stereocenters. The lowest BCUT2D eigenvalue weighted by atomic mass is 10.1. The van der Waals surface area contributed by atoms with Crippen molar-refractivity contribution < 1.29 is 4.79 Å². The predicted octanol–water partition coefficient (Wildman–Crippen LogP) is 2.81. The lowest BCUT2D eigenvalue weighted by Crippen LogP contribution is -2.02. The Labute approximate surface area is 90.2 Å². The minimum absolute atomic E-state index is 0.0342. The van der Waals surface area contributed by atoms with Crippen LogP contribution in [0.2, 0.25) is 5.02 Å². The van der Waals surface area contributed by atoms with Crippen molar-refractivity contribution in [1.29, 1.82) is 0 Å². The Morgan fingerprint density at radius 3 is 2.77 bits per heavy atom. The molecular formula is C9H9BrClNO. The molecule has 2 nitrogen and oxygen atoms in total. The SMILES string of the molecule is Cc1cc(C(=O)CBr)c(Cl)cc1N. The average molecular weight is 263 g/mol. The number of Topliss-reactive ketones (excluding diaryl/α,β-unsaturated/α-hetero) is 1. The Kier molecular flexibility index (Phi) is 3.33. The number of halogens is 2. The van der Waals surface area contributed by atoms with Gasteiger partial charge in [-0.25, -0.2) is 0 Å². The summed E-state index contributed by atoms with van der Waals surface area (Å²) in [6.07, 6.45) is 0. The van der Waals surface area contributed by atoms with Crippen molar-refractivity contribution in [3.8, 4) is 0 Å². The van der Waals surface area contributed by atoms with Gasteiger partial charge in [-0.05, 0) is 24.6 Å². The second-order valence-corrected chi connectivity index (χ2v) is 3.71. The van der Waals surface area contributed by atoms with Crippen LogP contribution < -0.4 is 5.73 Å². The van der Waals surface area contributed by atoms with E-state index in [2.05, 4.69) is 15.9 Å². The van der Waals surface area contributed by atoms with E-state index in [9.17, 15) is 4.79 Å². The molecule has 0 fully saturated rings. The van der Waals surface area contributed by atoms with Crippen LogP contribution in [-0.4, -0.2) is 11.1 Å². The van der Waals surface area contributed by atoms with E-state index in [-0.39, 0.29) is 11.1 Å². The van der Waals surface area contributed by atoms with Gasteiger partial charge in [-0.1, -0.05) is 27.5 Å². The number of hydrogen-bond acceptors (Lipinski definition) is 2. The lowest BCUT2D eigenvalue weighted by molar-refractivity contribution is 0.102.